The Morgan fingerprint density at radius 2 is 1.65 bits per heavy atom. The fourth-order valence-corrected chi connectivity index (χ4v) is 3.27. The van der Waals surface area contributed by atoms with Crippen molar-refractivity contribution in [3.05, 3.63) is 0 Å². The molecule has 0 aromatic carbocycles. The van der Waals surface area contributed by atoms with Crippen LogP contribution in [0.5, 0.6) is 0 Å². The summed E-state index contributed by atoms with van der Waals surface area (Å²) in [6.07, 6.45) is 7.52. The normalized spacial score (nSPS) is 26.1. The van der Waals surface area contributed by atoms with Crippen LogP contribution in [0.4, 0.5) is 0 Å². The van der Waals surface area contributed by atoms with Crippen molar-refractivity contribution < 1.29 is 14.3 Å². The Hall–Kier alpha value is -0.130. The second kappa shape index (κ2) is 9.00. The Labute approximate surface area is 130 Å². The Morgan fingerprint density at radius 1 is 1.05 bits per heavy atom. The van der Waals surface area contributed by atoms with Crippen LogP contribution in [-0.2, 0) is 14.3 Å². The van der Waals surface area contributed by atoms with Gasteiger partial charge in [-0.05, 0) is 38.5 Å². The number of unbranched alkanes of at least 4 members (excludes halogenated alkanes) is 1. The summed E-state index contributed by atoms with van der Waals surface area (Å²) in [5, 5.41) is 0.970. The third-order valence-electron chi connectivity index (χ3n) is 4.02. The zero-order valence-corrected chi connectivity index (χ0v) is 13.8. The van der Waals surface area contributed by atoms with Crippen LogP contribution in [0, 0.1) is 0 Å². The van der Waals surface area contributed by atoms with Gasteiger partial charge in [-0.1, -0.05) is 15.9 Å². The standard InChI is InChI=1S/C15H26BrNO3/c16-8-2-1-7-15(18)17(11-13-5-3-9-19-13)12-14-6-4-10-20-14/h13-14H,1-12H2. The first-order chi connectivity index (χ1) is 9.79. The zero-order chi connectivity index (χ0) is 14.2. The van der Waals surface area contributed by atoms with Crippen molar-refractivity contribution >= 4 is 21.8 Å². The fraction of sp³-hybridized carbons (Fsp3) is 0.933. The largest absolute Gasteiger partial charge is 0.376 e. The van der Waals surface area contributed by atoms with Crippen molar-refractivity contribution in [2.75, 3.05) is 31.6 Å². The maximum Gasteiger partial charge on any atom is 0.222 e. The summed E-state index contributed by atoms with van der Waals surface area (Å²) >= 11 is 3.41. The molecule has 1 amide bonds. The maximum absolute atomic E-state index is 12.4. The van der Waals surface area contributed by atoms with Crippen molar-refractivity contribution in [3.63, 3.8) is 0 Å². The highest BCUT2D eigenvalue weighted by Gasteiger charge is 2.26. The number of nitrogens with zero attached hydrogens (tertiary/aromatic N) is 1. The van der Waals surface area contributed by atoms with Gasteiger partial charge in [0.1, 0.15) is 0 Å². The number of halogens is 1. The molecular weight excluding hydrogens is 322 g/mol. The minimum absolute atomic E-state index is 0.233. The Balaban J connectivity index is 1.82. The first-order valence-corrected chi connectivity index (χ1v) is 8.98. The first-order valence-electron chi connectivity index (χ1n) is 7.86. The van der Waals surface area contributed by atoms with Crippen LogP contribution in [0.2, 0.25) is 0 Å². The van der Waals surface area contributed by atoms with Gasteiger partial charge in [0, 0.05) is 38.1 Å². The summed E-state index contributed by atoms with van der Waals surface area (Å²) < 4.78 is 11.4. The van der Waals surface area contributed by atoms with Crippen LogP contribution in [-0.4, -0.2) is 54.6 Å². The molecule has 2 aliphatic rings. The van der Waals surface area contributed by atoms with Gasteiger partial charge in [-0.2, -0.15) is 0 Å². The van der Waals surface area contributed by atoms with Crippen molar-refractivity contribution in [3.8, 4) is 0 Å². The Kier molecular flexibility index (Phi) is 7.31. The van der Waals surface area contributed by atoms with Crippen LogP contribution < -0.4 is 0 Å². The molecule has 2 fully saturated rings. The molecule has 2 aliphatic heterocycles. The minimum Gasteiger partial charge on any atom is -0.376 e. The third-order valence-corrected chi connectivity index (χ3v) is 4.58. The van der Waals surface area contributed by atoms with E-state index in [4.69, 9.17) is 9.47 Å². The number of hydrogen-bond donors (Lipinski definition) is 0. The van der Waals surface area contributed by atoms with Crippen molar-refractivity contribution in [1.29, 1.82) is 0 Å². The van der Waals surface area contributed by atoms with Gasteiger partial charge in [0.15, 0.2) is 0 Å². The van der Waals surface area contributed by atoms with Gasteiger partial charge in [-0.15, -0.1) is 0 Å². The summed E-state index contributed by atoms with van der Waals surface area (Å²) in [5.74, 6) is 0.261. The first kappa shape index (κ1) is 16.2. The van der Waals surface area contributed by atoms with Gasteiger partial charge >= 0.3 is 0 Å². The van der Waals surface area contributed by atoms with E-state index in [1.54, 1.807) is 0 Å². The molecule has 2 unspecified atom stereocenters. The van der Waals surface area contributed by atoms with E-state index < -0.39 is 0 Å². The second-order valence-electron chi connectivity index (χ2n) is 5.71. The Morgan fingerprint density at radius 3 is 2.10 bits per heavy atom. The number of ether oxygens (including phenoxy) is 2. The molecule has 0 aromatic rings. The van der Waals surface area contributed by atoms with Crippen LogP contribution in [0.3, 0.4) is 0 Å². The number of hydrogen-bond acceptors (Lipinski definition) is 3. The topological polar surface area (TPSA) is 38.8 Å². The third kappa shape index (κ3) is 5.34. The van der Waals surface area contributed by atoms with E-state index in [0.717, 1.165) is 70.2 Å². The number of carbonyl (C=O) groups excluding carboxylic acids is 1. The molecule has 0 saturated carbocycles. The predicted octanol–water partition coefficient (Wildman–Crippen LogP) is 2.74. The minimum atomic E-state index is 0.233. The van der Waals surface area contributed by atoms with Crippen LogP contribution in [0.25, 0.3) is 0 Å². The molecule has 4 nitrogen and oxygen atoms in total. The van der Waals surface area contributed by atoms with Crippen molar-refractivity contribution in [2.45, 2.75) is 57.2 Å². The number of alkyl halides is 1. The highest BCUT2D eigenvalue weighted by molar-refractivity contribution is 9.09. The quantitative estimate of drug-likeness (QED) is 0.500. The van der Waals surface area contributed by atoms with E-state index in [2.05, 4.69) is 15.9 Å². The van der Waals surface area contributed by atoms with Gasteiger partial charge in [0.05, 0.1) is 12.2 Å². The second-order valence-corrected chi connectivity index (χ2v) is 6.51. The predicted molar refractivity (Wildman–Crippen MR) is 82.2 cm³/mol. The van der Waals surface area contributed by atoms with Gasteiger partial charge in [0.2, 0.25) is 5.91 Å². The molecule has 0 spiro atoms. The highest BCUT2D eigenvalue weighted by Crippen LogP contribution is 2.18. The van der Waals surface area contributed by atoms with E-state index in [1.807, 2.05) is 4.90 Å². The molecule has 20 heavy (non-hydrogen) atoms. The van der Waals surface area contributed by atoms with Gasteiger partial charge < -0.3 is 14.4 Å². The molecule has 116 valence electrons. The molecule has 0 aromatic heterocycles. The van der Waals surface area contributed by atoms with E-state index in [-0.39, 0.29) is 18.1 Å². The monoisotopic (exact) mass is 347 g/mol. The van der Waals surface area contributed by atoms with E-state index >= 15 is 0 Å². The summed E-state index contributed by atoms with van der Waals surface area (Å²) in [7, 11) is 0. The molecule has 2 rings (SSSR count). The maximum atomic E-state index is 12.4. The molecule has 0 bridgehead atoms. The lowest BCUT2D eigenvalue weighted by atomic mass is 10.1. The van der Waals surface area contributed by atoms with Gasteiger partial charge in [0.25, 0.3) is 0 Å². The number of carbonyl (C=O) groups is 1. The van der Waals surface area contributed by atoms with Crippen molar-refractivity contribution in [1.82, 2.24) is 4.90 Å². The molecular formula is C15H26BrNO3. The lowest BCUT2D eigenvalue weighted by Gasteiger charge is -2.28. The molecule has 0 aliphatic carbocycles. The number of rotatable bonds is 8. The van der Waals surface area contributed by atoms with Crippen molar-refractivity contribution in [2.24, 2.45) is 0 Å². The van der Waals surface area contributed by atoms with Crippen LogP contribution in [0.1, 0.15) is 44.9 Å². The lowest BCUT2D eigenvalue weighted by molar-refractivity contribution is -0.134. The molecule has 2 saturated heterocycles. The van der Waals surface area contributed by atoms with Gasteiger partial charge in [-0.25, -0.2) is 0 Å². The lowest BCUT2D eigenvalue weighted by Crippen LogP contribution is -2.41. The summed E-state index contributed by atoms with van der Waals surface area (Å²) in [6, 6.07) is 0. The summed E-state index contributed by atoms with van der Waals surface area (Å²) in [5.41, 5.74) is 0. The smallest absolute Gasteiger partial charge is 0.222 e. The molecule has 2 heterocycles. The summed E-state index contributed by atoms with van der Waals surface area (Å²) in [4.78, 5) is 14.4. The highest BCUT2D eigenvalue weighted by atomic mass is 79.9. The fourth-order valence-electron chi connectivity index (χ4n) is 2.88. The average Bonchev–Trinajstić information content (AvgIpc) is 3.11. The zero-order valence-electron chi connectivity index (χ0n) is 12.2. The Bertz CT molecular complexity index is 271. The van der Waals surface area contributed by atoms with Crippen LogP contribution in [0.15, 0.2) is 0 Å². The molecule has 5 heteroatoms. The number of amides is 1. The van der Waals surface area contributed by atoms with Gasteiger partial charge in [-0.3, -0.25) is 4.79 Å². The van der Waals surface area contributed by atoms with Crippen LogP contribution >= 0.6 is 15.9 Å². The van der Waals surface area contributed by atoms with E-state index in [1.165, 1.54) is 0 Å². The van der Waals surface area contributed by atoms with E-state index in [0.29, 0.717) is 6.42 Å². The van der Waals surface area contributed by atoms with E-state index in [9.17, 15) is 4.79 Å². The molecule has 0 radical (unpaired) electrons. The molecule has 0 N–H and O–H groups in total. The average molecular weight is 348 g/mol. The molecule has 2 atom stereocenters. The summed E-state index contributed by atoms with van der Waals surface area (Å²) in [6.45, 7) is 3.17. The SMILES string of the molecule is O=C(CCCCBr)N(CC1CCCO1)CC1CCCO1.